The SMILES string of the molecule is C/C1=C(c2cccc3ccccc23)\C=C(\c2cccc(-c3ccc(-c4nc5c(nc6ccccn65)c5ccccc45)cc3)c2)N=C(c2cccc3ccccc23)CC1. The van der Waals surface area contributed by atoms with Crippen LogP contribution in [0.5, 0.6) is 0 Å². The van der Waals surface area contributed by atoms with Gasteiger partial charge in [-0.3, -0.25) is 9.39 Å². The number of aliphatic imine (C=N–C) groups is 1. The highest BCUT2D eigenvalue weighted by atomic mass is 15.1. The van der Waals surface area contributed by atoms with Crippen molar-refractivity contribution in [3.8, 4) is 22.4 Å². The standard InChI is InChI=1S/C54H38N4/c1-35-26-31-49(45-24-12-16-38-14-3-5-20-43(38)45)55-50(34-48(35)44-23-11-15-37-13-2-4-19-42(37)44)41-18-10-17-40(33-41)36-27-29-39(30-28-36)52-46-21-6-7-22-47(46)53-54(57-52)58-32-9-8-25-51(58)56-53/h2-25,27-30,32-34H,26,31H2,1H3/b48-35-,50-34-,55-49?. The summed E-state index contributed by atoms with van der Waals surface area (Å²) in [6.07, 6.45) is 6.13. The average molecular weight is 743 g/mol. The van der Waals surface area contributed by atoms with Crippen LogP contribution in [0.2, 0.25) is 0 Å². The molecule has 7 aromatic carbocycles. The van der Waals surface area contributed by atoms with Crippen LogP contribution in [-0.2, 0) is 0 Å². The number of hydrogen-bond donors (Lipinski definition) is 0. The number of nitrogens with zero attached hydrogens (tertiary/aromatic N) is 4. The zero-order valence-electron chi connectivity index (χ0n) is 32.1. The van der Waals surface area contributed by atoms with Crippen LogP contribution in [0.1, 0.15) is 36.5 Å². The van der Waals surface area contributed by atoms with Crippen molar-refractivity contribution in [3.05, 3.63) is 210 Å². The Morgan fingerprint density at radius 1 is 0.483 bits per heavy atom. The minimum atomic E-state index is 0.843. The van der Waals surface area contributed by atoms with Gasteiger partial charge in [0.1, 0.15) is 11.2 Å². The fourth-order valence-corrected chi connectivity index (χ4v) is 8.75. The molecule has 0 saturated carbocycles. The van der Waals surface area contributed by atoms with Crippen molar-refractivity contribution < 1.29 is 0 Å². The molecule has 0 fully saturated rings. The summed E-state index contributed by atoms with van der Waals surface area (Å²) in [5, 5.41) is 7.15. The third-order valence-electron chi connectivity index (χ3n) is 11.7. The molecule has 4 heteroatoms. The summed E-state index contributed by atoms with van der Waals surface area (Å²) < 4.78 is 2.08. The highest BCUT2D eigenvalue weighted by Crippen LogP contribution is 2.38. The molecule has 4 heterocycles. The normalized spacial score (nSPS) is 15.7. The van der Waals surface area contributed by atoms with Gasteiger partial charge in [0.2, 0.25) is 0 Å². The first-order valence-electron chi connectivity index (χ1n) is 20.0. The fraction of sp³-hybridized carbons (Fsp3) is 0.0556. The van der Waals surface area contributed by atoms with Gasteiger partial charge in [-0.25, -0.2) is 9.97 Å². The molecule has 0 atom stereocenters. The number of rotatable bonds is 5. The Hall–Kier alpha value is -7.43. The second kappa shape index (κ2) is 13.9. The topological polar surface area (TPSA) is 42.5 Å². The lowest BCUT2D eigenvalue weighted by Gasteiger charge is -2.19. The maximum atomic E-state index is 5.60. The van der Waals surface area contributed by atoms with Gasteiger partial charge in [-0.2, -0.15) is 0 Å². The molecule has 0 aliphatic carbocycles. The van der Waals surface area contributed by atoms with Crippen molar-refractivity contribution in [2.24, 2.45) is 4.99 Å². The maximum Gasteiger partial charge on any atom is 0.165 e. The van der Waals surface area contributed by atoms with Crippen molar-refractivity contribution in [2.75, 3.05) is 0 Å². The lowest BCUT2D eigenvalue weighted by Crippen LogP contribution is -2.06. The number of aromatic nitrogens is 3. The minimum Gasteiger partial charge on any atom is -0.284 e. The van der Waals surface area contributed by atoms with Crippen molar-refractivity contribution in [1.82, 2.24) is 14.4 Å². The molecule has 58 heavy (non-hydrogen) atoms. The lowest BCUT2D eigenvalue weighted by atomic mass is 9.89. The van der Waals surface area contributed by atoms with E-state index in [1.165, 1.54) is 43.8 Å². The van der Waals surface area contributed by atoms with Crippen molar-refractivity contribution in [3.63, 3.8) is 0 Å². The quantitative estimate of drug-likeness (QED) is 0.176. The number of pyridine rings is 2. The average Bonchev–Trinajstić information content (AvgIpc) is 3.66. The van der Waals surface area contributed by atoms with E-state index in [9.17, 15) is 0 Å². The zero-order valence-corrected chi connectivity index (χ0v) is 32.1. The van der Waals surface area contributed by atoms with Gasteiger partial charge in [0.25, 0.3) is 0 Å². The smallest absolute Gasteiger partial charge is 0.165 e. The molecule has 0 spiro atoms. The minimum absolute atomic E-state index is 0.843. The summed E-state index contributed by atoms with van der Waals surface area (Å²) >= 11 is 0. The number of fused-ring (bicyclic) bond motifs is 7. The lowest BCUT2D eigenvalue weighted by molar-refractivity contribution is 1.01. The van der Waals surface area contributed by atoms with Gasteiger partial charge < -0.3 is 0 Å². The molecular weight excluding hydrogens is 705 g/mol. The summed E-state index contributed by atoms with van der Waals surface area (Å²) in [4.78, 5) is 15.8. The Morgan fingerprint density at radius 3 is 1.90 bits per heavy atom. The largest absolute Gasteiger partial charge is 0.284 e. The van der Waals surface area contributed by atoms with E-state index in [4.69, 9.17) is 15.0 Å². The van der Waals surface area contributed by atoms with E-state index in [1.807, 2.05) is 24.4 Å². The van der Waals surface area contributed by atoms with Gasteiger partial charge >= 0.3 is 0 Å². The first kappa shape index (κ1) is 33.9. The number of allylic oxidation sites excluding steroid dienone is 3. The van der Waals surface area contributed by atoms with Crippen LogP contribution < -0.4 is 0 Å². The van der Waals surface area contributed by atoms with E-state index >= 15 is 0 Å². The van der Waals surface area contributed by atoms with Crippen LogP contribution >= 0.6 is 0 Å². The molecule has 10 aromatic rings. The predicted molar refractivity (Wildman–Crippen MR) is 243 cm³/mol. The van der Waals surface area contributed by atoms with Crippen molar-refractivity contribution >= 4 is 66.1 Å². The highest BCUT2D eigenvalue weighted by Gasteiger charge is 2.19. The first-order valence-corrected chi connectivity index (χ1v) is 20.0. The Bertz CT molecular complexity index is 3330. The molecule has 0 amide bonds. The zero-order chi connectivity index (χ0) is 38.6. The number of imidazole rings is 1. The van der Waals surface area contributed by atoms with Gasteiger partial charge in [-0.1, -0.05) is 163 Å². The van der Waals surface area contributed by atoms with Crippen LogP contribution in [0.15, 0.2) is 199 Å². The summed E-state index contributed by atoms with van der Waals surface area (Å²) in [6.45, 7) is 2.29. The molecule has 4 nitrogen and oxygen atoms in total. The third kappa shape index (κ3) is 5.81. The van der Waals surface area contributed by atoms with E-state index in [2.05, 4.69) is 175 Å². The van der Waals surface area contributed by atoms with Crippen LogP contribution in [-0.4, -0.2) is 20.1 Å². The highest BCUT2D eigenvalue weighted by molar-refractivity contribution is 6.14. The van der Waals surface area contributed by atoms with E-state index in [-0.39, 0.29) is 0 Å². The van der Waals surface area contributed by atoms with E-state index < -0.39 is 0 Å². The molecule has 1 aliphatic heterocycles. The maximum absolute atomic E-state index is 5.60. The Morgan fingerprint density at radius 2 is 1.10 bits per heavy atom. The molecule has 11 rings (SSSR count). The molecule has 0 bridgehead atoms. The third-order valence-corrected chi connectivity index (χ3v) is 11.7. The second-order valence-electron chi connectivity index (χ2n) is 15.2. The summed E-state index contributed by atoms with van der Waals surface area (Å²) in [5.74, 6) is 0. The van der Waals surface area contributed by atoms with Crippen molar-refractivity contribution in [1.29, 1.82) is 0 Å². The molecule has 0 unspecified atom stereocenters. The summed E-state index contributed by atoms with van der Waals surface area (Å²) in [5.41, 5.74) is 15.1. The molecule has 1 aliphatic rings. The predicted octanol–water partition coefficient (Wildman–Crippen LogP) is 13.8. The molecule has 274 valence electrons. The molecule has 0 saturated heterocycles. The number of benzene rings is 7. The second-order valence-corrected chi connectivity index (χ2v) is 15.2. The summed E-state index contributed by atoms with van der Waals surface area (Å²) in [6, 6.07) is 62.7. The molecule has 0 radical (unpaired) electrons. The number of hydrogen-bond acceptors (Lipinski definition) is 3. The van der Waals surface area contributed by atoms with Gasteiger partial charge in [-0.15, -0.1) is 0 Å². The van der Waals surface area contributed by atoms with Crippen LogP contribution in [0.3, 0.4) is 0 Å². The van der Waals surface area contributed by atoms with Crippen LogP contribution in [0, 0.1) is 0 Å². The summed E-state index contributed by atoms with van der Waals surface area (Å²) in [7, 11) is 0. The van der Waals surface area contributed by atoms with E-state index in [0.717, 1.165) is 79.8 Å². The molecule has 0 N–H and O–H groups in total. The van der Waals surface area contributed by atoms with Gasteiger partial charge in [0.05, 0.1) is 11.4 Å². The van der Waals surface area contributed by atoms with Gasteiger partial charge in [-0.05, 0) is 87.8 Å². The van der Waals surface area contributed by atoms with E-state index in [1.54, 1.807) is 0 Å². The Labute approximate surface area is 336 Å². The molecule has 3 aromatic heterocycles. The van der Waals surface area contributed by atoms with Gasteiger partial charge in [0, 0.05) is 39.4 Å². The van der Waals surface area contributed by atoms with E-state index in [0.29, 0.717) is 0 Å². The van der Waals surface area contributed by atoms with Crippen molar-refractivity contribution in [2.45, 2.75) is 19.8 Å². The molecular formula is C54H38N4. The first-order chi connectivity index (χ1) is 28.7. The Balaban J connectivity index is 1.04. The Kier molecular flexibility index (Phi) is 8.14. The fourth-order valence-electron chi connectivity index (χ4n) is 8.75. The van der Waals surface area contributed by atoms with Crippen LogP contribution in [0.25, 0.3) is 82.8 Å². The monoisotopic (exact) mass is 742 g/mol. The van der Waals surface area contributed by atoms with Crippen LogP contribution in [0.4, 0.5) is 0 Å². The van der Waals surface area contributed by atoms with Gasteiger partial charge in [0.15, 0.2) is 5.65 Å².